The third kappa shape index (κ3) is 16.3. The summed E-state index contributed by atoms with van der Waals surface area (Å²) in [4.78, 5) is 40.2. The van der Waals surface area contributed by atoms with Crippen molar-refractivity contribution in [2.24, 2.45) is 0 Å². The van der Waals surface area contributed by atoms with E-state index in [0.29, 0.717) is 45.8 Å². The van der Waals surface area contributed by atoms with Gasteiger partial charge < -0.3 is 38.5 Å². The van der Waals surface area contributed by atoms with E-state index in [0.717, 1.165) is 104 Å². The Labute approximate surface area is 445 Å². The van der Waals surface area contributed by atoms with E-state index < -0.39 is 20.0 Å². The Bertz CT molecular complexity index is 2140. The van der Waals surface area contributed by atoms with Crippen molar-refractivity contribution in [1.82, 2.24) is 38.0 Å². The molecule has 6 rings (SSSR count). The molecule has 2 heterocycles. The first-order valence-electron chi connectivity index (χ1n) is 27.0. The Balaban J connectivity index is 0.000000274. The van der Waals surface area contributed by atoms with Crippen LogP contribution < -0.4 is 9.47 Å². The predicted molar refractivity (Wildman–Crippen MR) is 291 cm³/mol. The number of nitrogens with zero attached hydrogens (tertiary/aromatic N) is 8. The largest absolute Gasteiger partial charge is 0.497 e. The minimum absolute atomic E-state index is 0.0404. The number of ether oxygens (including phenoxy) is 4. The highest BCUT2D eigenvalue weighted by atomic mass is 32.2. The zero-order chi connectivity index (χ0) is 54.3. The van der Waals surface area contributed by atoms with Crippen molar-refractivity contribution in [3.63, 3.8) is 0 Å². The van der Waals surface area contributed by atoms with Gasteiger partial charge in [-0.1, -0.05) is 13.8 Å². The Morgan fingerprint density at radius 3 is 1.16 bits per heavy atom. The SMILES string of the molecule is CCN1CCN(C2CCC[C@@H](N(C)C(=O)COCCN(C)S(=O)(=O)c3c(C)cc(OC)cc3C)C2)CC1.CCN1CCN([C@H]2CCCC(N(C)C(=O)COCCN(C)S(=O)(=O)c3c(C)cc(OC)cc3C)C2)CC1. The van der Waals surface area contributed by atoms with E-state index in [9.17, 15) is 26.4 Å². The van der Waals surface area contributed by atoms with Gasteiger partial charge >= 0.3 is 0 Å². The summed E-state index contributed by atoms with van der Waals surface area (Å²) in [5.41, 5.74) is 2.55. The van der Waals surface area contributed by atoms with Crippen LogP contribution in [0.5, 0.6) is 11.5 Å². The maximum Gasteiger partial charge on any atom is 0.248 e. The number of carbonyl (C=O) groups is 2. The number of methoxy groups -OCH3 is 2. The number of amides is 2. The van der Waals surface area contributed by atoms with Crippen LogP contribution >= 0.6 is 0 Å². The number of hydrogen-bond acceptors (Lipinski definition) is 14. The van der Waals surface area contributed by atoms with Crippen molar-refractivity contribution >= 4 is 31.9 Å². The summed E-state index contributed by atoms with van der Waals surface area (Å²) in [6.07, 6.45) is 8.74. The minimum Gasteiger partial charge on any atom is -0.497 e. The van der Waals surface area contributed by atoms with Crippen molar-refractivity contribution in [2.75, 3.05) is 147 Å². The van der Waals surface area contributed by atoms with E-state index in [-0.39, 0.29) is 73.2 Å². The Morgan fingerprint density at radius 1 is 0.541 bits per heavy atom. The molecule has 4 fully saturated rings. The van der Waals surface area contributed by atoms with Gasteiger partial charge in [-0.2, -0.15) is 8.61 Å². The fraction of sp³-hybridized carbons (Fsp3) is 0.741. The molecule has 2 aliphatic carbocycles. The highest BCUT2D eigenvalue weighted by Gasteiger charge is 2.34. The number of carbonyl (C=O) groups excluding carboxylic acids is 2. The van der Waals surface area contributed by atoms with Gasteiger partial charge in [-0.3, -0.25) is 19.4 Å². The van der Waals surface area contributed by atoms with Crippen molar-refractivity contribution in [2.45, 2.75) is 127 Å². The summed E-state index contributed by atoms with van der Waals surface area (Å²) < 4.78 is 77.0. The summed E-state index contributed by atoms with van der Waals surface area (Å²) in [7, 11) is 2.58. The maximum absolute atomic E-state index is 13.2. The molecule has 4 atom stereocenters. The van der Waals surface area contributed by atoms with E-state index in [2.05, 4.69) is 33.4 Å². The van der Waals surface area contributed by atoms with Crippen LogP contribution in [-0.2, 0) is 39.1 Å². The van der Waals surface area contributed by atoms with E-state index in [1.165, 1.54) is 35.5 Å². The molecule has 2 aromatic rings. The van der Waals surface area contributed by atoms with Gasteiger partial charge in [0.2, 0.25) is 31.9 Å². The van der Waals surface area contributed by atoms with E-state index in [1.54, 1.807) is 66.2 Å². The first-order valence-corrected chi connectivity index (χ1v) is 29.9. The number of hydrogen-bond donors (Lipinski definition) is 0. The van der Waals surface area contributed by atoms with Crippen molar-refractivity contribution < 1.29 is 45.4 Å². The molecule has 2 saturated heterocycles. The average Bonchev–Trinajstić information content (AvgIpc) is 3.39. The monoisotopic (exact) mass is 1080 g/mol. The van der Waals surface area contributed by atoms with Crippen molar-refractivity contribution in [1.29, 1.82) is 0 Å². The number of aryl methyl sites for hydroxylation is 4. The molecule has 18 nitrogen and oxygen atoms in total. The summed E-state index contributed by atoms with van der Waals surface area (Å²) in [6, 6.07) is 8.42. The molecule has 2 unspecified atom stereocenters. The van der Waals surface area contributed by atoms with Gasteiger partial charge in [-0.25, -0.2) is 16.8 Å². The molecule has 4 aliphatic rings. The third-order valence-electron chi connectivity index (χ3n) is 16.1. The molecule has 0 radical (unpaired) electrons. The average molecular weight is 1080 g/mol. The molecule has 420 valence electrons. The molecule has 2 amide bonds. The van der Waals surface area contributed by atoms with Crippen LogP contribution in [-0.4, -0.2) is 238 Å². The number of benzene rings is 2. The molecule has 0 N–H and O–H groups in total. The molecule has 74 heavy (non-hydrogen) atoms. The fourth-order valence-electron chi connectivity index (χ4n) is 11.3. The summed E-state index contributed by atoms with van der Waals surface area (Å²) >= 11 is 0. The second-order valence-corrected chi connectivity index (χ2v) is 24.8. The van der Waals surface area contributed by atoms with Crippen LogP contribution in [0.4, 0.5) is 0 Å². The standard InChI is InChI=1S/2C27H46N4O5S/c2*1-7-30-11-13-31(14-12-30)24-10-8-9-23(19-24)29(5)26(32)20-36-16-15-28(4)37(33,34)27-21(2)17-25(35-6)18-22(27)3/h2*17-18,23-24H,7-16,19-20H2,1-6H3/t23?,24-;23-,24?/m01/s1. The van der Waals surface area contributed by atoms with Gasteiger partial charge in [0.1, 0.15) is 24.7 Å². The summed E-state index contributed by atoms with van der Waals surface area (Å²) in [5, 5.41) is 0. The van der Waals surface area contributed by atoms with Crippen molar-refractivity contribution in [3.8, 4) is 11.5 Å². The lowest BCUT2D eigenvalue weighted by Gasteiger charge is -2.43. The maximum atomic E-state index is 13.2. The third-order valence-corrected chi connectivity index (χ3v) is 20.4. The summed E-state index contributed by atoms with van der Waals surface area (Å²) in [6.45, 7) is 23.2. The van der Waals surface area contributed by atoms with E-state index in [4.69, 9.17) is 18.9 Å². The van der Waals surface area contributed by atoms with E-state index >= 15 is 0 Å². The van der Waals surface area contributed by atoms with Crippen LogP contribution in [0.3, 0.4) is 0 Å². The zero-order valence-corrected chi connectivity index (χ0v) is 48.7. The lowest BCUT2D eigenvalue weighted by molar-refractivity contribution is -0.138. The quantitative estimate of drug-likeness (QED) is 0.149. The van der Waals surface area contributed by atoms with Crippen LogP contribution in [0.15, 0.2) is 34.1 Å². The van der Waals surface area contributed by atoms with Gasteiger partial charge in [0, 0.05) is 118 Å². The Morgan fingerprint density at radius 2 is 0.865 bits per heavy atom. The van der Waals surface area contributed by atoms with E-state index in [1.807, 2.05) is 23.9 Å². The highest BCUT2D eigenvalue weighted by Crippen LogP contribution is 2.31. The van der Waals surface area contributed by atoms with Crippen LogP contribution in [0, 0.1) is 27.7 Å². The van der Waals surface area contributed by atoms with Gasteiger partial charge in [-0.05, 0) is 139 Å². The highest BCUT2D eigenvalue weighted by molar-refractivity contribution is 7.89. The van der Waals surface area contributed by atoms with Crippen molar-refractivity contribution in [3.05, 3.63) is 46.5 Å². The van der Waals surface area contributed by atoms with Gasteiger partial charge in [0.05, 0.1) is 37.2 Å². The lowest BCUT2D eigenvalue weighted by atomic mass is 9.88. The molecule has 0 aromatic heterocycles. The lowest BCUT2D eigenvalue weighted by Crippen LogP contribution is -2.53. The molecule has 2 aliphatic heterocycles. The molecular weight excluding hydrogens is 985 g/mol. The topological polar surface area (TPSA) is 165 Å². The summed E-state index contributed by atoms with van der Waals surface area (Å²) in [5.74, 6) is 1.17. The number of piperazine rings is 2. The second-order valence-electron chi connectivity index (χ2n) is 20.8. The first kappa shape index (κ1) is 61.4. The van der Waals surface area contributed by atoms with Gasteiger partial charge in [-0.15, -0.1) is 0 Å². The fourth-order valence-corrected chi connectivity index (χ4v) is 14.4. The first-order chi connectivity index (χ1) is 35.2. The Kier molecular flexibility index (Phi) is 23.9. The normalized spacial score (nSPS) is 21.8. The smallest absolute Gasteiger partial charge is 0.248 e. The number of rotatable bonds is 22. The molecular formula is C54H92N8O10S2. The van der Waals surface area contributed by atoms with Crippen LogP contribution in [0.25, 0.3) is 0 Å². The molecule has 0 spiro atoms. The minimum atomic E-state index is -3.69. The van der Waals surface area contributed by atoms with Crippen LogP contribution in [0.1, 0.15) is 87.5 Å². The number of likely N-dealkylation sites (N-methyl/N-ethyl adjacent to an activating group) is 6. The van der Waals surface area contributed by atoms with Crippen LogP contribution in [0.2, 0.25) is 0 Å². The Hall–Kier alpha value is -3.44. The predicted octanol–water partition coefficient (Wildman–Crippen LogP) is 4.71. The second kappa shape index (κ2) is 28.8. The molecule has 20 heteroatoms. The number of sulfonamides is 2. The molecule has 2 aromatic carbocycles. The zero-order valence-electron chi connectivity index (χ0n) is 47.1. The van der Waals surface area contributed by atoms with Gasteiger partial charge in [0.25, 0.3) is 0 Å². The molecule has 2 saturated carbocycles. The molecule has 0 bridgehead atoms. The van der Waals surface area contributed by atoms with Gasteiger partial charge in [0.15, 0.2) is 0 Å².